The number of sulfonamides is 1. The van der Waals surface area contributed by atoms with Crippen molar-refractivity contribution in [2.45, 2.75) is 75.2 Å². The summed E-state index contributed by atoms with van der Waals surface area (Å²) in [5, 5.41) is -0.431. The van der Waals surface area contributed by atoms with Gasteiger partial charge in [-0.3, -0.25) is 4.79 Å². The molecule has 0 radical (unpaired) electrons. The summed E-state index contributed by atoms with van der Waals surface area (Å²) in [7, 11) is -3.54. The first-order valence-electron chi connectivity index (χ1n) is 10.3. The first-order valence-corrected chi connectivity index (χ1v) is 11.9. The number of hydrogen-bond donors (Lipinski definition) is 2. The van der Waals surface area contributed by atoms with Crippen LogP contribution in [0, 0.1) is 17.5 Å². The molecule has 1 saturated carbocycles. The van der Waals surface area contributed by atoms with E-state index in [2.05, 4.69) is 4.72 Å². The summed E-state index contributed by atoms with van der Waals surface area (Å²) >= 11 is 0. The van der Waals surface area contributed by atoms with Crippen LogP contribution >= 0.6 is 0 Å². The third-order valence-electron chi connectivity index (χ3n) is 5.64. The van der Waals surface area contributed by atoms with Crippen LogP contribution < -0.4 is 10.5 Å². The molecule has 10 heteroatoms. The molecule has 1 aromatic carbocycles. The molecule has 2 aliphatic rings. The molecule has 3 rings (SSSR count). The Bertz CT molecular complexity index is 978. The second-order valence-corrected chi connectivity index (χ2v) is 10.8. The Morgan fingerprint density at radius 1 is 1.23 bits per heavy atom. The van der Waals surface area contributed by atoms with Crippen molar-refractivity contribution in [3.05, 3.63) is 47.4 Å². The van der Waals surface area contributed by atoms with Gasteiger partial charge in [-0.05, 0) is 64.0 Å². The quantitative estimate of drug-likeness (QED) is 0.556. The lowest BCUT2D eigenvalue weighted by Crippen LogP contribution is -2.56. The molecule has 1 heterocycles. The summed E-state index contributed by atoms with van der Waals surface area (Å²) < 4.78 is 67.4. The fourth-order valence-corrected chi connectivity index (χ4v) is 5.47. The highest BCUT2D eigenvalue weighted by molar-refractivity contribution is 7.90. The number of halogens is 3. The minimum Gasteiger partial charge on any atom is -0.327 e. The largest absolute Gasteiger partial charge is 0.327 e. The summed E-state index contributed by atoms with van der Waals surface area (Å²) in [4.78, 5) is 14.6. The van der Waals surface area contributed by atoms with E-state index in [1.54, 1.807) is 6.20 Å². The van der Waals surface area contributed by atoms with Crippen LogP contribution in [0.4, 0.5) is 13.2 Å². The lowest BCUT2D eigenvalue weighted by molar-refractivity contribution is -0.135. The van der Waals surface area contributed by atoms with E-state index in [9.17, 15) is 26.4 Å². The van der Waals surface area contributed by atoms with Gasteiger partial charge in [0.2, 0.25) is 15.9 Å². The topological polar surface area (TPSA) is 92.5 Å². The summed E-state index contributed by atoms with van der Waals surface area (Å²) in [6, 6.07) is 0.589. The molecule has 1 aromatic rings. The van der Waals surface area contributed by atoms with Crippen molar-refractivity contribution in [2.75, 3.05) is 0 Å². The van der Waals surface area contributed by atoms with Gasteiger partial charge in [-0.25, -0.2) is 21.6 Å². The van der Waals surface area contributed by atoms with Gasteiger partial charge in [0.05, 0.1) is 5.25 Å². The molecule has 1 aliphatic heterocycles. The monoisotopic (exact) mass is 459 g/mol. The van der Waals surface area contributed by atoms with E-state index in [4.69, 9.17) is 5.73 Å². The molecule has 1 amide bonds. The van der Waals surface area contributed by atoms with Crippen LogP contribution in [-0.4, -0.2) is 42.1 Å². The van der Waals surface area contributed by atoms with Crippen LogP contribution in [0.25, 0.3) is 0 Å². The molecule has 1 aliphatic carbocycles. The van der Waals surface area contributed by atoms with Gasteiger partial charge in [0, 0.05) is 24.4 Å². The van der Waals surface area contributed by atoms with Crippen molar-refractivity contribution >= 4 is 15.9 Å². The van der Waals surface area contributed by atoms with Crippen LogP contribution in [0.3, 0.4) is 0 Å². The van der Waals surface area contributed by atoms with Crippen molar-refractivity contribution in [2.24, 2.45) is 5.73 Å². The summed E-state index contributed by atoms with van der Waals surface area (Å²) in [6.45, 7) is 3.08. The number of nitrogens with one attached hydrogen (secondary N) is 1. The standard InChI is InChI=1S/C21H28F3N3O3S/c1-21(2,26-31(29,30)16-7-8-16)20(28)27-9-3-4-15(27)6-5-14(25)10-13-11-18(23)19(24)12-17(13)22/h3,9,11-12,14-16,26H,4-8,10,25H2,1-2H3/t14-,15?/m0/s1. The lowest BCUT2D eigenvalue weighted by atomic mass is 9.97. The van der Waals surface area contributed by atoms with Gasteiger partial charge in [-0.15, -0.1) is 0 Å². The van der Waals surface area contributed by atoms with Gasteiger partial charge in [0.1, 0.15) is 11.4 Å². The molecular weight excluding hydrogens is 431 g/mol. The highest BCUT2D eigenvalue weighted by atomic mass is 32.2. The third-order valence-corrected chi connectivity index (χ3v) is 7.78. The van der Waals surface area contributed by atoms with Gasteiger partial charge >= 0.3 is 0 Å². The molecule has 0 spiro atoms. The third kappa shape index (κ3) is 5.67. The second-order valence-electron chi connectivity index (χ2n) is 8.86. The fraction of sp³-hybridized carbons (Fsp3) is 0.571. The lowest BCUT2D eigenvalue weighted by Gasteiger charge is -2.33. The molecule has 172 valence electrons. The number of carbonyl (C=O) groups excluding carboxylic acids is 1. The molecule has 1 unspecified atom stereocenters. The zero-order valence-corrected chi connectivity index (χ0v) is 18.4. The summed E-state index contributed by atoms with van der Waals surface area (Å²) in [5.41, 5.74) is 4.77. The normalized spacial score (nSPS) is 20.3. The highest BCUT2D eigenvalue weighted by Gasteiger charge is 2.43. The van der Waals surface area contributed by atoms with Crippen molar-refractivity contribution in [1.82, 2.24) is 9.62 Å². The van der Waals surface area contributed by atoms with Crippen molar-refractivity contribution in [1.29, 1.82) is 0 Å². The van der Waals surface area contributed by atoms with Crippen LogP contribution in [0.1, 0.15) is 51.5 Å². The molecule has 31 heavy (non-hydrogen) atoms. The van der Waals surface area contributed by atoms with E-state index in [0.717, 1.165) is 6.07 Å². The van der Waals surface area contributed by atoms with Gasteiger partial charge in [0.25, 0.3) is 0 Å². The molecule has 0 saturated heterocycles. The zero-order valence-electron chi connectivity index (χ0n) is 17.6. The van der Waals surface area contributed by atoms with E-state index >= 15 is 0 Å². The van der Waals surface area contributed by atoms with E-state index in [-0.39, 0.29) is 23.9 Å². The van der Waals surface area contributed by atoms with Crippen LogP contribution in [0.5, 0.6) is 0 Å². The molecule has 0 aromatic heterocycles. The highest BCUT2D eigenvalue weighted by Crippen LogP contribution is 2.30. The Balaban J connectivity index is 1.58. The molecule has 3 N–H and O–H groups in total. The van der Waals surface area contributed by atoms with Crippen LogP contribution in [0.2, 0.25) is 0 Å². The average Bonchev–Trinajstić information content (AvgIpc) is 3.43. The molecule has 1 fully saturated rings. The maximum Gasteiger partial charge on any atom is 0.247 e. The average molecular weight is 460 g/mol. The maximum absolute atomic E-state index is 13.8. The van der Waals surface area contributed by atoms with Gasteiger partial charge < -0.3 is 10.6 Å². The zero-order chi connectivity index (χ0) is 23.0. The minimum absolute atomic E-state index is 0.000467. The van der Waals surface area contributed by atoms with Crippen LogP contribution in [-0.2, 0) is 21.2 Å². The number of carbonyl (C=O) groups is 1. The molecular formula is C21H28F3N3O3S. The van der Waals surface area contributed by atoms with Crippen LogP contribution in [0.15, 0.2) is 24.4 Å². The summed E-state index contributed by atoms with van der Waals surface area (Å²) in [5.74, 6) is -3.59. The summed E-state index contributed by atoms with van der Waals surface area (Å²) in [6.07, 6.45) is 6.20. The number of amides is 1. The number of nitrogens with zero attached hydrogens (tertiary/aromatic N) is 1. The Labute approximate surface area is 180 Å². The predicted octanol–water partition coefficient (Wildman–Crippen LogP) is 2.73. The van der Waals surface area contributed by atoms with Gasteiger partial charge in [0.15, 0.2) is 11.6 Å². The molecule has 6 nitrogen and oxygen atoms in total. The molecule has 0 bridgehead atoms. The Morgan fingerprint density at radius 3 is 2.52 bits per heavy atom. The predicted molar refractivity (Wildman–Crippen MR) is 111 cm³/mol. The SMILES string of the molecule is CC(C)(NS(=O)(=O)C1CC1)C(=O)N1C=CCC1CC[C@H](N)Cc1cc(F)c(F)cc1F. The smallest absolute Gasteiger partial charge is 0.247 e. The van der Waals surface area contributed by atoms with Crippen molar-refractivity contribution in [3.63, 3.8) is 0 Å². The molecule has 2 atom stereocenters. The number of rotatable bonds is 9. The van der Waals surface area contributed by atoms with Crippen molar-refractivity contribution < 1.29 is 26.4 Å². The second kappa shape index (κ2) is 8.91. The first-order chi connectivity index (χ1) is 14.4. The van der Waals surface area contributed by atoms with Gasteiger partial charge in [-0.1, -0.05) is 6.08 Å². The Kier molecular flexibility index (Phi) is 6.83. The maximum atomic E-state index is 13.8. The number of nitrogens with two attached hydrogens (primary N) is 1. The van der Waals surface area contributed by atoms with Crippen molar-refractivity contribution in [3.8, 4) is 0 Å². The van der Waals surface area contributed by atoms with Gasteiger partial charge in [-0.2, -0.15) is 4.72 Å². The number of hydrogen-bond acceptors (Lipinski definition) is 4. The fourth-order valence-electron chi connectivity index (χ4n) is 3.75. The van der Waals surface area contributed by atoms with E-state index < -0.39 is 44.3 Å². The van der Waals surface area contributed by atoms with E-state index in [1.807, 2.05) is 6.08 Å². The number of benzene rings is 1. The minimum atomic E-state index is -3.54. The Hall–Kier alpha value is -1.91. The van der Waals surface area contributed by atoms with E-state index in [1.165, 1.54) is 18.7 Å². The van der Waals surface area contributed by atoms with E-state index in [0.29, 0.717) is 38.2 Å². The Morgan fingerprint density at radius 2 is 1.87 bits per heavy atom. The first kappa shape index (κ1) is 23.7.